The number of hydrogen-bond acceptors (Lipinski definition) is 3. The van der Waals surface area contributed by atoms with Crippen molar-refractivity contribution in [2.75, 3.05) is 0 Å². The minimum absolute atomic E-state index is 0.407. The van der Waals surface area contributed by atoms with Crippen LogP contribution in [0.3, 0.4) is 0 Å². The van der Waals surface area contributed by atoms with Gasteiger partial charge in [-0.3, -0.25) is 0 Å². The third kappa shape index (κ3) is 2.17. The summed E-state index contributed by atoms with van der Waals surface area (Å²) in [5.74, 6) is 0. The molecule has 1 aromatic rings. The van der Waals surface area contributed by atoms with Crippen molar-refractivity contribution in [3.63, 3.8) is 0 Å². The summed E-state index contributed by atoms with van der Waals surface area (Å²) < 4.78 is 5.06. The van der Waals surface area contributed by atoms with Gasteiger partial charge in [0.25, 0.3) is 0 Å². The lowest BCUT2D eigenvalue weighted by atomic mass is 10.6. The zero-order valence-electron chi connectivity index (χ0n) is 4.64. The smallest absolute Gasteiger partial charge is 0.403 e. The van der Waals surface area contributed by atoms with E-state index < -0.39 is 5.43 Å². The lowest BCUT2D eigenvalue weighted by molar-refractivity contribution is 0.227. The van der Waals surface area contributed by atoms with E-state index in [2.05, 4.69) is 4.74 Å². The fraction of sp³-hybridized carbons (Fsp3) is 0. The van der Waals surface area contributed by atoms with Gasteiger partial charge in [0.15, 0.2) is 5.06 Å². The molecule has 0 spiro atoms. The highest BCUT2D eigenvalue weighted by Gasteiger charge is 2.01. The maximum Gasteiger partial charge on any atom is 0.409 e. The largest absolute Gasteiger partial charge is 0.409 e. The quantitative estimate of drug-likeness (QED) is 0.646. The highest BCUT2D eigenvalue weighted by atomic mass is 35.5. The van der Waals surface area contributed by atoms with Gasteiger partial charge in [0.2, 0.25) is 0 Å². The lowest BCUT2D eigenvalue weighted by Gasteiger charge is -1.89. The molecule has 1 rings (SSSR count). The van der Waals surface area contributed by atoms with Gasteiger partial charge < -0.3 is 4.74 Å². The molecule has 0 atom stereocenters. The second-order valence-corrected chi connectivity index (χ2v) is 3.38. The number of thiophene rings is 1. The van der Waals surface area contributed by atoms with Crippen molar-refractivity contribution in [2.45, 2.75) is 0 Å². The Morgan fingerprint density at radius 3 is 2.70 bits per heavy atom. The van der Waals surface area contributed by atoms with Crippen molar-refractivity contribution >= 4 is 40.0 Å². The molecular formula is C5H2Cl2O2S. The normalized spacial score (nSPS) is 9.40. The van der Waals surface area contributed by atoms with E-state index in [1.165, 1.54) is 0 Å². The Bertz CT molecular complexity index is 246. The first-order chi connectivity index (χ1) is 4.68. The molecule has 54 valence electrons. The Morgan fingerprint density at radius 2 is 2.30 bits per heavy atom. The molecule has 0 aromatic carbocycles. The fourth-order valence-electron chi connectivity index (χ4n) is 0.432. The number of rotatable bonds is 1. The van der Waals surface area contributed by atoms with Crippen LogP contribution < -0.4 is 4.74 Å². The summed E-state index contributed by atoms with van der Waals surface area (Å²) in [6.07, 6.45) is 0. The first-order valence-corrected chi connectivity index (χ1v) is 3.88. The summed E-state index contributed by atoms with van der Waals surface area (Å²) in [5.41, 5.74) is -0.849. The molecular weight excluding hydrogens is 195 g/mol. The molecule has 1 aromatic heterocycles. The van der Waals surface area contributed by atoms with Crippen molar-refractivity contribution in [2.24, 2.45) is 0 Å². The molecule has 5 heteroatoms. The van der Waals surface area contributed by atoms with Crippen molar-refractivity contribution < 1.29 is 9.53 Å². The zero-order chi connectivity index (χ0) is 7.56. The minimum atomic E-state index is -0.849. The van der Waals surface area contributed by atoms with Crippen molar-refractivity contribution in [1.82, 2.24) is 0 Å². The summed E-state index contributed by atoms with van der Waals surface area (Å²) in [5, 5.41) is 0.407. The molecule has 2 nitrogen and oxygen atoms in total. The maximum atomic E-state index is 10.1. The number of hydrogen-bond donors (Lipinski definition) is 0. The summed E-state index contributed by atoms with van der Waals surface area (Å²) in [7, 11) is 0. The van der Waals surface area contributed by atoms with Gasteiger partial charge >= 0.3 is 5.43 Å². The standard InChI is InChI=1S/C5H2Cl2O2S/c6-3-1-2-4(10-3)9-5(7)8/h1-2H. The minimum Gasteiger partial charge on any atom is -0.403 e. The van der Waals surface area contributed by atoms with E-state index in [0.717, 1.165) is 11.3 Å². The van der Waals surface area contributed by atoms with Crippen molar-refractivity contribution in [1.29, 1.82) is 0 Å². The molecule has 0 N–H and O–H groups in total. The van der Waals surface area contributed by atoms with Crippen LogP contribution in [0.25, 0.3) is 0 Å². The Labute approximate surface area is 71.3 Å². The van der Waals surface area contributed by atoms with Gasteiger partial charge in [0.1, 0.15) is 0 Å². The van der Waals surface area contributed by atoms with Crippen LogP contribution in [0, 0.1) is 0 Å². The van der Waals surface area contributed by atoms with E-state index >= 15 is 0 Å². The van der Waals surface area contributed by atoms with Gasteiger partial charge in [-0.05, 0) is 12.1 Å². The van der Waals surface area contributed by atoms with Gasteiger partial charge in [0, 0.05) is 11.6 Å². The highest BCUT2D eigenvalue weighted by Crippen LogP contribution is 2.28. The Morgan fingerprint density at radius 1 is 1.60 bits per heavy atom. The number of carbonyl (C=O) groups is 1. The van der Waals surface area contributed by atoms with Crippen LogP contribution in [-0.4, -0.2) is 5.43 Å². The molecule has 0 unspecified atom stereocenters. The second kappa shape index (κ2) is 3.23. The number of carbonyl (C=O) groups excluding carboxylic acids is 1. The molecule has 0 aliphatic rings. The Kier molecular flexibility index (Phi) is 2.54. The SMILES string of the molecule is O=C(Cl)Oc1ccc(Cl)s1. The van der Waals surface area contributed by atoms with Gasteiger partial charge in [-0.25, -0.2) is 4.79 Å². The van der Waals surface area contributed by atoms with Gasteiger partial charge in [-0.15, -0.1) is 0 Å². The van der Waals surface area contributed by atoms with Crippen molar-refractivity contribution in [3.05, 3.63) is 16.5 Å². The van der Waals surface area contributed by atoms with E-state index in [1.54, 1.807) is 12.1 Å². The van der Waals surface area contributed by atoms with Crippen LogP contribution in [0.1, 0.15) is 0 Å². The van der Waals surface area contributed by atoms with Crippen LogP contribution in [0.15, 0.2) is 12.1 Å². The zero-order valence-corrected chi connectivity index (χ0v) is 6.96. The Balaban J connectivity index is 2.67. The predicted molar refractivity (Wildman–Crippen MR) is 41.2 cm³/mol. The molecule has 0 saturated carbocycles. The highest BCUT2D eigenvalue weighted by molar-refractivity contribution is 7.18. The first kappa shape index (κ1) is 7.85. The first-order valence-electron chi connectivity index (χ1n) is 2.31. The molecule has 10 heavy (non-hydrogen) atoms. The molecule has 0 radical (unpaired) electrons. The van der Waals surface area contributed by atoms with Gasteiger partial charge in [-0.2, -0.15) is 0 Å². The van der Waals surface area contributed by atoms with Crippen LogP contribution >= 0.6 is 34.5 Å². The molecule has 0 bridgehead atoms. The van der Waals surface area contributed by atoms with Crippen molar-refractivity contribution in [3.8, 4) is 5.06 Å². The molecule has 0 amide bonds. The average molecular weight is 197 g/mol. The molecule has 0 fully saturated rings. The molecule has 0 aliphatic carbocycles. The van der Waals surface area contributed by atoms with Crippen LogP contribution in [-0.2, 0) is 0 Å². The fourth-order valence-corrected chi connectivity index (χ4v) is 1.43. The van der Waals surface area contributed by atoms with E-state index in [-0.39, 0.29) is 0 Å². The topological polar surface area (TPSA) is 26.3 Å². The summed E-state index contributed by atoms with van der Waals surface area (Å²) in [4.78, 5) is 10.1. The van der Waals surface area contributed by atoms with E-state index in [4.69, 9.17) is 23.2 Å². The van der Waals surface area contributed by atoms with Crippen LogP contribution in [0.5, 0.6) is 5.06 Å². The summed E-state index contributed by atoms with van der Waals surface area (Å²) in [6.45, 7) is 0. The summed E-state index contributed by atoms with van der Waals surface area (Å²) in [6, 6.07) is 3.20. The molecule has 0 aliphatic heterocycles. The lowest BCUT2D eigenvalue weighted by Crippen LogP contribution is -1.92. The van der Waals surface area contributed by atoms with E-state index in [0.29, 0.717) is 9.40 Å². The third-order valence-corrected chi connectivity index (χ3v) is 1.92. The number of ether oxygens (including phenoxy) is 1. The average Bonchev–Trinajstić information content (AvgIpc) is 2.13. The van der Waals surface area contributed by atoms with Gasteiger partial charge in [-0.1, -0.05) is 22.9 Å². The monoisotopic (exact) mass is 196 g/mol. The predicted octanol–water partition coefficient (Wildman–Crippen LogP) is 3.14. The third-order valence-electron chi connectivity index (χ3n) is 0.729. The maximum absolute atomic E-state index is 10.1. The number of halogens is 2. The second-order valence-electron chi connectivity index (χ2n) is 1.40. The van der Waals surface area contributed by atoms with E-state index in [9.17, 15) is 4.79 Å². The summed E-state index contributed by atoms with van der Waals surface area (Å²) >= 11 is 11.6. The molecule has 1 heterocycles. The van der Waals surface area contributed by atoms with Crippen LogP contribution in [0.4, 0.5) is 4.79 Å². The Hall–Kier alpha value is -0.250. The molecule has 0 saturated heterocycles. The van der Waals surface area contributed by atoms with Gasteiger partial charge in [0.05, 0.1) is 4.34 Å². The van der Waals surface area contributed by atoms with Crippen LogP contribution in [0.2, 0.25) is 4.34 Å². The van der Waals surface area contributed by atoms with E-state index in [1.807, 2.05) is 0 Å².